The van der Waals surface area contributed by atoms with Crippen molar-refractivity contribution in [2.24, 2.45) is 0 Å². The van der Waals surface area contributed by atoms with Crippen LogP contribution in [0.1, 0.15) is 25.5 Å². The van der Waals surface area contributed by atoms with E-state index in [1.54, 1.807) is 24.0 Å². The van der Waals surface area contributed by atoms with Crippen LogP contribution in [-0.2, 0) is 9.53 Å². The quantitative estimate of drug-likeness (QED) is 0.735. The maximum absolute atomic E-state index is 13.4. The number of piperazine rings is 1. The van der Waals surface area contributed by atoms with Crippen molar-refractivity contribution < 1.29 is 18.7 Å². The molecule has 1 saturated heterocycles. The first kappa shape index (κ1) is 21.3. The van der Waals surface area contributed by atoms with Gasteiger partial charge in [-0.05, 0) is 38.6 Å². The van der Waals surface area contributed by atoms with Gasteiger partial charge >= 0.3 is 12.0 Å². The zero-order valence-electron chi connectivity index (χ0n) is 17.3. The first-order valence-electron chi connectivity index (χ1n) is 10.1. The van der Waals surface area contributed by atoms with Gasteiger partial charge in [0.25, 0.3) is 0 Å². The molecule has 1 N–H and O–H groups in total. The second-order valence-corrected chi connectivity index (χ2v) is 7.34. The number of hydrogen-bond acceptors (Lipinski definition) is 5. The summed E-state index contributed by atoms with van der Waals surface area (Å²) in [6, 6.07) is 4.91. The van der Waals surface area contributed by atoms with Crippen molar-refractivity contribution in [3.05, 3.63) is 46.9 Å². The number of carbonyl (C=O) groups excluding carboxylic acids is 2. The highest BCUT2D eigenvalue weighted by Gasteiger charge is 2.38. The molecule has 0 unspecified atom stereocenters. The molecule has 158 valence electrons. The van der Waals surface area contributed by atoms with Crippen LogP contribution in [0.4, 0.5) is 9.18 Å². The van der Waals surface area contributed by atoms with Crippen LogP contribution in [0.5, 0.6) is 0 Å². The smallest absolute Gasteiger partial charge is 0.338 e. The van der Waals surface area contributed by atoms with Crippen LogP contribution in [0, 0.1) is 5.82 Å². The molecule has 7 nitrogen and oxygen atoms in total. The average molecular weight is 404 g/mol. The van der Waals surface area contributed by atoms with E-state index in [0.29, 0.717) is 29.9 Å². The topological polar surface area (TPSA) is 65.1 Å². The summed E-state index contributed by atoms with van der Waals surface area (Å²) in [5, 5.41) is 2.90. The SMILES string of the molecule is CCOC(=O)C1=C(CN2CCN(C)CC2)N(CC)C(=O)N[C@H]1c1ccc(F)cc1. The van der Waals surface area contributed by atoms with Crippen molar-refractivity contribution in [3.63, 3.8) is 0 Å². The van der Waals surface area contributed by atoms with Crippen LogP contribution in [0.15, 0.2) is 35.5 Å². The highest BCUT2D eigenvalue weighted by atomic mass is 19.1. The van der Waals surface area contributed by atoms with E-state index in [0.717, 1.165) is 26.2 Å². The number of urea groups is 1. The minimum absolute atomic E-state index is 0.236. The Morgan fingerprint density at radius 1 is 1.17 bits per heavy atom. The standard InChI is InChI=1S/C21H29FN4O3/c1-4-26-17(14-25-12-10-24(3)11-13-25)18(20(27)29-5-2)19(23-21(26)28)15-6-8-16(22)9-7-15/h6-9,19H,4-5,10-14H2,1-3H3,(H,23,28)/t19-/m0/s1. The lowest BCUT2D eigenvalue weighted by Crippen LogP contribution is -2.52. The molecule has 1 atom stereocenters. The number of nitrogens with one attached hydrogen (secondary N) is 1. The minimum Gasteiger partial charge on any atom is -0.463 e. The van der Waals surface area contributed by atoms with E-state index in [1.807, 2.05) is 6.92 Å². The molecule has 0 radical (unpaired) electrons. The Morgan fingerprint density at radius 2 is 1.83 bits per heavy atom. The highest BCUT2D eigenvalue weighted by molar-refractivity contribution is 5.95. The Morgan fingerprint density at radius 3 is 2.41 bits per heavy atom. The van der Waals surface area contributed by atoms with Gasteiger partial charge < -0.3 is 15.0 Å². The highest BCUT2D eigenvalue weighted by Crippen LogP contribution is 2.32. The third-order valence-electron chi connectivity index (χ3n) is 5.42. The average Bonchev–Trinajstić information content (AvgIpc) is 2.70. The zero-order valence-corrected chi connectivity index (χ0v) is 17.3. The van der Waals surface area contributed by atoms with Gasteiger partial charge in [0.2, 0.25) is 0 Å². The second-order valence-electron chi connectivity index (χ2n) is 7.34. The Balaban J connectivity index is 2.04. The van der Waals surface area contributed by atoms with Crippen molar-refractivity contribution in [1.82, 2.24) is 20.0 Å². The number of rotatable bonds is 6. The van der Waals surface area contributed by atoms with Gasteiger partial charge in [-0.3, -0.25) is 9.80 Å². The number of ether oxygens (including phenoxy) is 1. The summed E-state index contributed by atoms with van der Waals surface area (Å²) in [5.74, 6) is -0.824. The molecular weight excluding hydrogens is 375 g/mol. The largest absolute Gasteiger partial charge is 0.463 e. The molecule has 1 aromatic rings. The molecule has 3 rings (SSSR count). The van der Waals surface area contributed by atoms with Gasteiger partial charge in [-0.15, -0.1) is 0 Å². The predicted molar refractivity (Wildman–Crippen MR) is 108 cm³/mol. The van der Waals surface area contributed by atoms with Crippen LogP contribution >= 0.6 is 0 Å². The maximum Gasteiger partial charge on any atom is 0.338 e. The van der Waals surface area contributed by atoms with E-state index in [1.165, 1.54) is 12.1 Å². The number of halogens is 1. The molecule has 1 aromatic carbocycles. The van der Waals surface area contributed by atoms with E-state index in [4.69, 9.17) is 4.74 Å². The number of likely N-dealkylation sites (N-methyl/N-ethyl adjacent to an activating group) is 2. The van der Waals surface area contributed by atoms with Gasteiger partial charge in [0, 0.05) is 45.0 Å². The second kappa shape index (κ2) is 9.37. The van der Waals surface area contributed by atoms with Crippen LogP contribution in [0.3, 0.4) is 0 Å². The van der Waals surface area contributed by atoms with Gasteiger partial charge in [0.1, 0.15) is 5.82 Å². The summed E-state index contributed by atoms with van der Waals surface area (Å²) in [4.78, 5) is 31.9. The van der Waals surface area contributed by atoms with Crippen molar-refractivity contribution in [1.29, 1.82) is 0 Å². The van der Waals surface area contributed by atoms with Crippen LogP contribution in [0.25, 0.3) is 0 Å². The van der Waals surface area contributed by atoms with Gasteiger partial charge in [-0.2, -0.15) is 0 Å². The lowest BCUT2D eigenvalue weighted by molar-refractivity contribution is -0.139. The maximum atomic E-state index is 13.4. The Bertz CT molecular complexity index is 773. The number of nitrogens with zero attached hydrogens (tertiary/aromatic N) is 3. The van der Waals surface area contributed by atoms with E-state index in [-0.39, 0.29) is 18.5 Å². The molecule has 0 aromatic heterocycles. The fraction of sp³-hybridized carbons (Fsp3) is 0.524. The fourth-order valence-electron chi connectivity index (χ4n) is 3.78. The molecule has 29 heavy (non-hydrogen) atoms. The number of esters is 1. The van der Waals surface area contributed by atoms with Crippen molar-refractivity contribution in [2.45, 2.75) is 19.9 Å². The van der Waals surface area contributed by atoms with Crippen LogP contribution < -0.4 is 5.32 Å². The molecule has 0 aliphatic carbocycles. The Labute approximate surface area is 171 Å². The van der Waals surface area contributed by atoms with E-state index in [9.17, 15) is 14.0 Å². The van der Waals surface area contributed by atoms with E-state index in [2.05, 4.69) is 22.2 Å². The molecule has 8 heteroatoms. The normalized spacial score (nSPS) is 21.3. The monoisotopic (exact) mass is 404 g/mol. The molecule has 2 heterocycles. The van der Waals surface area contributed by atoms with Gasteiger partial charge in [-0.1, -0.05) is 12.1 Å². The van der Waals surface area contributed by atoms with E-state index >= 15 is 0 Å². The Hall–Kier alpha value is -2.45. The molecule has 2 aliphatic heterocycles. The summed E-state index contributed by atoms with van der Waals surface area (Å²) in [5.41, 5.74) is 1.72. The van der Waals surface area contributed by atoms with Crippen LogP contribution in [0.2, 0.25) is 0 Å². The molecule has 2 aliphatic rings. The lowest BCUT2D eigenvalue weighted by Gasteiger charge is -2.40. The lowest BCUT2D eigenvalue weighted by atomic mass is 9.94. The number of hydrogen-bond donors (Lipinski definition) is 1. The minimum atomic E-state index is -0.674. The summed E-state index contributed by atoms with van der Waals surface area (Å²) >= 11 is 0. The number of carbonyl (C=O) groups is 2. The van der Waals surface area contributed by atoms with Gasteiger partial charge in [0.15, 0.2) is 0 Å². The molecule has 2 amide bonds. The summed E-state index contributed by atoms with van der Waals surface area (Å²) in [7, 11) is 2.08. The fourth-order valence-corrected chi connectivity index (χ4v) is 3.78. The van der Waals surface area contributed by atoms with Gasteiger partial charge in [0.05, 0.1) is 18.2 Å². The van der Waals surface area contributed by atoms with E-state index < -0.39 is 12.0 Å². The number of amides is 2. The third kappa shape index (κ3) is 4.76. The third-order valence-corrected chi connectivity index (χ3v) is 5.42. The van der Waals surface area contributed by atoms with Crippen molar-refractivity contribution in [2.75, 3.05) is 52.9 Å². The first-order chi connectivity index (χ1) is 13.9. The van der Waals surface area contributed by atoms with Crippen molar-refractivity contribution in [3.8, 4) is 0 Å². The predicted octanol–water partition coefficient (Wildman–Crippen LogP) is 1.98. The van der Waals surface area contributed by atoms with Crippen molar-refractivity contribution >= 4 is 12.0 Å². The summed E-state index contributed by atoms with van der Waals surface area (Å²) in [6.07, 6.45) is 0. The van der Waals surface area contributed by atoms with Crippen LogP contribution in [-0.4, -0.2) is 79.6 Å². The summed E-state index contributed by atoms with van der Waals surface area (Å²) < 4.78 is 18.8. The number of benzene rings is 1. The first-order valence-corrected chi connectivity index (χ1v) is 10.1. The molecule has 0 spiro atoms. The molecular formula is C21H29FN4O3. The molecule has 0 saturated carbocycles. The zero-order chi connectivity index (χ0) is 21.0. The summed E-state index contributed by atoms with van der Waals surface area (Å²) in [6.45, 7) is 8.38. The molecule has 1 fully saturated rings. The van der Waals surface area contributed by atoms with Gasteiger partial charge in [-0.25, -0.2) is 14.0 Å². The Kier molecular flexibility index (Phi) is 6.87. The molecule has 0 bridgehead atoms.